The van der Waals surface area contributed by atoms with E-state index < -0.39 is 105 Å². The summed E-state index contributed by atoms with van der Waals surface area (Å²) in [5.74, 6) is -8.66. The van der Waals surface area contributed by atoms with Crippen molar-refractivity contribution in [3.63, 3.8) is 0 Å². The summed E-state index contributed by atoms with van der Waals surface area (Å²) in [5, 5.41) is 81.6. The van der Waals surface area contributed by atoms with Crippen LogP contribution < -0.4 is 11.5 Å². The highest BCUT2D eigenvalue weighted by atomic mass is 32.2. The molecule has 5 heterocycles. The minimum absolute atomic E-state index is 0.0514. The van der Waals surface area contributed by atoms with Crippen molar-refractivity contribution in [1.82, 2.24) is 54.1 Å². The van der Waals surface area contributed by atoms with Crippen LogP contribution in [0.15, 0.2) is 79.0 Å². The molecule has 344 valence electrons. The minimum atomic E-state index is -4.06. The van der Waals surface area contributed by atoms with Crippen molar-refractivity contribution in [1.29, 1.82) is 0 Å². The number of azo groups is 2. The van der Waals surface area contributed by atoms with Crippen LogP contribution in [-0.4, -0.2) is 133 Å². The Bertz CT molecular complexity index is 3340. The fourth-order valence-electron chi connectivity index (χ4n) is 6.15. The van der Waals surface area contributed by atoms with Crippen molar-refractivity contribution in [2.24, 2.45) is 20.5 Å². The highest BCUT2D eigenvalue weighted by molar-refractivity contribution is 7.91. The van der Waals surface area contributed by atoms with Crippen LogP contribution in [0.5, 0.6) is 6.01 Å². The van der Waals surface area contributed by atoms with Crippen molar-refractivity contribution < 1.29 is 61.5 Å². The standard InChI is InChI=1S/C35H29N17O13S2/c1-13-23(43-45-27-21(66(3,62)63)11-38-49(27)15-5-7-17(29(53)54)19(9-15)31(57)58)25(36)51(47-13)33-40-34(42-35(61)41-33)52-26(37)24(14(2)48-52)44-46-28-22(67(4,64)65)12-39-50(28)16-6-8-18(30(55)56)20(10-16)32(59)60/h5-12H,36-37H2,1-4H3,(H,53,54)(H,55,56)(H,57,58)(H,59,60)(H,40,41,42,61). The predicted molar refractivity (Wildman–Crippen MR) is 224 cm³/mol. The number of hydrogen-bond donors (Lipinski definition) is 7. The molecule has 30 nitrogen and oxygen atoms in total. The summed E-state index contributed by atoms with van der Waals surface area (Å²) in [7, 11) is -8.13. The number of nitrogen functional groups attached to an aromatic ring is 2. The first kappa shape index (κ1) is 45.7. The Morgan fingerprint density at radius 2 is 0.910 bits per heavy atom. The first-order chi connectivity index (χ1) is 31.4. The van der Waals surface area contributed by atoms with Crippen LogP contribution in [0.25, 0.3) is 23.3 Å². The molecular formula is C35H29N17O13S2. The number of rotatable bonds is 14. The average Bonchev–Trinajstić information content (AvgIpc) is 4.01. The van der Waals surface area contributed by atoms with Gasteiger partial charge in [0.2, 0.25) is 0 Å². The van der Waals surface area contributed by atoms with Gasteiger partial charge >= 0.3 is 29.9 Å². The SMILES string of the molecule is Cc1nn(-c2nc(O)nc(-n3nc(C)c(N=Nc4c(S(C)(=O)=O)cnn4-c4ccc(C(=O)O)c(C(=O)O)c4)c3N)n2)c(N)c1N=Nc1c(S(C)(=O)=O)cnn1-c1ccc(C(=O)O)c(C(=O)O)c1. The summed E-state index contributed by atoms with van der Waals surface area (Å²) in [4.78, 5) is 58.1. The summed E-state index contributed by atoms with van der Waals surface area (Å²) in [6, 6.07) is 5.31. The molecule has 5 aromatic heterocycles. The summed E-state index contributed by atoms with van der Waals surface area (Å²) < 4.78 is 54.6. The summed E-state index contributed by atoms with van der Waals surface area (Å²) in [5.41, 5.74) is 9.98. The van der Waals surface area contributed by atoms with Gasteiger partial charge in [-0.1, -0.05) is 0 Å². The van der Waals surface area contributed by atoms with Crippen molar-refractivity contribution in [3.8, 4) is 29.3 Å². The van der Waals surface area contributed by atoms with E-state index in [0.717, 1.165) is 67.9 Å². The van der Waals surface area contributed by atoms with Gasteiger partial charge in [0.05, 0.1) is 57.4 Å². The number of nitrogens with two attached hydrogens (primary N) is 2. The largest absolute Gasteiger partial charge is 0.479 e. The van der Waals surface area contributed by atoms with Crippen molar-refractivity contribution in [2.75, 3.05) is 24.0 Å². The first-order valence-electron chi connectivity index (χ1n) is 18.1. The van der Waals surface area contributed by atoms with E-state index in [4.69, 9.17) is 11.5 Å². The second-order valence-corrected chi connectivity index (χ2v) is 17.8. The molecule has 0 saturated carbocycles. The lowest BCUT2D eigenvalue weighted by atomic mass is 10.1. The Balaban J connectivity index is 1.26. The highest BCUT2D eigenvalue weighted by Gasteiger charge is 2.27. The number of carbonyl (C=O) groups is 4. The summed E-state index contributed by atoms with van der Waals surface area (Å²) in [6.07, 6.45) is 3.54. The fourth-order valence-corrected chi connectivity index (χ4v) is 7.54. The first-order valence-corrected chi connectivity index (χ1v) is 21.9. The lowest BCUT2D eigenvalue weighted by Crippen LogP contribution is -2.13. The maximum Gasteiger partial charge on any atom is 0.336 e. The Morgan fingerprint density at radius 3 is 1.24 bits per heavy atom. The Kier molecular flexibility index (Phi) is 11.4. The van der Waals surface area contributed by atoms with Gasteiger partial charge in [0, 0.05) is 12.5 Å². The number of nitrogens with zero attached hydrogens (tertiary/aromatic N) is 15. The normalized spacial score (nSPS) is 12.1. The van der Waals surface area contributed by atoms with E-state index in [2.05, 4.69) is 55.8 Å². The molecule has 0 spiro atoms. The van der Waals surface area contributed by atoms with Gasteiger partial charge in [-0.3, -0.25) is 0 Å². The molecule has 0 atom stereocenters. The number of benzene rings is 2. The monoisotopic (exact) mass is 959 g/mol. The van der Waals surface area contributed by atoms with Gasteiger partial charge in [-0.2, -0.15) is 44.7 Å². The van der Waals surface area contributed by atoms with Crippen LogP contribution in [0.4, 0.5) is 34.6 Å². The number of sulfone groups is 2. The number of carboxylic acids is 4. The number of aromatic carboxylic acids is 4. The van der Waals surface area contributed by atoms with Gasteiger partial charge in [-0.25, -0.2) is 45.4 Å². The molecule has 0 unspecified atom stereocenters. The van der Waals surface area contributed by atoms with Crippen LogP contribution in [-0.2, 0) is 19.7 Å². The number of hydrogen-bond acceptors (Lipinski definition) is 22. The molecule has 0 aliphatic carbocycles. The highest BCUT2D eigenvalue weighted by Crippen LogP contribution is 2.36. The van der Waals surface area contributed by atoms with Gasteiger partial charge in [-0.05, 0) is 50.2 Å². The zero-order valence-electron chi connectivity index (χ0n) is 34.3. The molecular weight excluding hydrogens is 931 g/mol. The second kappa shape index (κ2) is 16.7. The molecule has 0 aliphatic heterocycles. The number of aromatic hydroxyl groups is 1. The molecule has 0 saturated heterocycles. The number of aromatic nitrogens is 11. The van der Waals surface area contributed by atoms with Crippen LogP contribution in [0.2, 0.25) is 0 Å². The zero-order valence-corrected chi connectivity index (χ0v) is 35.9. The topological polar surface area (TPSA) is 449 Å². The van der Waals surface area contributed by atoms with E-state index in [1.165, 1.54) is 26.0 Å². The summed E-state index contributed by atoms with van der Waals surface area (Å²) in [6.45, 7) is 2.84. The molecule has 32 heteroatoms. The maximum atomic E-state index is 12.7. The molecule has 0 fully saturated rings. The number of aryl methyl sites for hydroxylation is 2. The van der Waals surface area contributed by atoms with Crippen molar-refractivity contribution in [2.45, 2.75) is 23.6 Å². The third kappa shape index (κ3) is 8.56. The Morgan fingerprint density at radius 1 is 0.552 bits per heavy atom. The van der Waals surface area contributed by atoms with E-state index >= 15 is 0 Å². The third-order valence-corrected chi connectivity index (χ3v) is 11.4. The average molecular weight is 960 g/mol. The van der Waals surface area contributed by atoms with Crippen LogP contribution >= 0.6 is 0 Å². The van der Waals surface area contributed by atoms with E-state index in [1.807, 2.05) is 0 Å². The zero-order chi connectivity index (χ0) is 49.0. The van der Waals surface area contributed by atoms with E-state index in [1.54, 1.807) is 0 Å². The molecule has 0 aliphatic rings. The number of carboxylic acid groups (broad SMARTS) is 4. The van der Waals surface area contributed by atoms with E-state index in [0.29, 0.717) is 0 Å². The Hall–Kier alpha value is -9.33. The molecule has 0 radical (unpaired) electrons. The van der Waals surface area contributed by atoms with Gasteiger partial charge in [0.15, 0.2) is 54.3 Å². The van der Waals surface area contributed by atoms with E-state index in [-0.39, 0.29) is 45.8 Å². The van der Waals surface area contributed by atoms with Gasteiger partial charge in [0.25, 0.3) is 11.9 Å². The quantitative estimate of drug-likeness (QED) is 0.0770. The summed E-state index contributed by atoms with van der Waals surface area (Å²) >= 11 is 0. The lowest BCUT2D eigenvalue weighted by molar-refractivity contribution is 0.0651. The van der Waals surface area contributed by atoms with Gasteiger partial charge < -0.3 is 37.0 Å². The molecule has 67 heavy (non-hydrogen) atoms. The molecule has 0 bridgehead atoms. The molecule has 9 N–H and O–H groups in total. The van der Waals surface area contributed by atoms with E-state index in [9.17, 15) is 61.5 Å². The van der Waals surface area contributed by atoms with Gasteiger partial charge in [0.1, 0.15) is 9.79 Å². The van der Waals surface area contributed by atoms with Crippen LogP contribution in [0.1, 0.15) is 52.8 Å². The fraction of sp³-hybridized carbons (Fsp3) is 0.114. The molecule has 7 aromatic rings. The lowest BCUT2D eigenvalue weighted by Gasteiger charge is -2.08. The number of anilines is 2. The molecule has 2 aromatic carbocycles. The third-order valence-electron chi connectivity index (χ3n) is 9.23. The van der Waals surface area contributed by atoms with Crippen molar-refractivity contribution in [3.05, 3.63) is 82.4 Å². The van der Waals surface area contributed by atoms with Crippen molar-refractivity contribution >= 4 is 78.2 Å². The maximum absolute atomic E-state index is 12.7. The molecule has 0 amide bonds. The predicted octanol–water partition coefficient (Wildman–Crippen LogP) is 2.53. The van der Waals surface area contributed by atoms with Crippen LogP contribution in [0, 0.1) is 13.8 Å². The van der Waals surface area contributed by atoms with Crippen LogP contribution in [0.3, 0.4) is 0 Å². The smallest absolute Gasteiger partial charge is 0.336 e. The minimum Gasteiger partial charge on any atom is -0.479 e. The second-order valence-electron chi connectivity index (χ2n) is 13.8. The molecule has 7 rings (SSSR count). The Labute approximate surface area is 372 Å². The van der Waals surface area contributed by atoms with Gasteiger partial charge in [-0.15, -0.1) is 20.5 Å².